The molecule has 0 amide bonds. The Hall–Kier alpha value is -3.84. The van der Waals surface area contributed by atoms with E-state index in [1.807, 2.05) is 0 Å². The minimum atomic E-state index is -2.87. The Kier molecular flexibility index (Phi) is 6.20. The Morgan fingerprint density at radius 3 is 0.912 bits per heavy atom. The lowest BCUT2D eigenvalue weighted by atomic mass is 9.90. The van der Waals surface area contributed by atoms with Gasteiger partial charge in [-0.25, -0.2) is 52.7 Å². The van der Waals surface area contributed by atoms with Crippen molar-refractivity contribution in [2.75, 3.05) is 0 Å². The number of ketones is 2. The van der Waals surface area contributed by atoms with Gasteiger partial charge in [0.25, 0.3) is 0 Å². The first kappa shape index (κ1) is 24.8. The van der Waals surface area contributed by atoms with E-state index in [2.05, 4.69) is 0 Å². The van der Waals surface area contributed by atoms with Crippen LogP contribution >= 0.6 is 0 Å². The predicted molar refractivity (Wildman–Crippen MR) is 85.7 cm³/mol. The van der Waals surface area contributed by atoms with Gasteiger partial charge in [-0.05, 0) is 0 Å². The van der Waals surface area contributed by atoms with E-state index in [1.54, 1.807) is 0 Å². The molecule has 0 N–H and O–H groups in total. The van der Waals surface area contributed by atoms with Gasteiger partial charge in [0.1, 0.15) is 11.6 Å². The van der Waals surface area contributed by atoms with Crippen molar-refractivity contribution in [2.45, 2.75) is 0 Å². The van der Waals surface area contributed by atoms with Crippen molar-refractivity contribution in [2.24, 2.45) is 0 Å². The number of hydrogen-bond donors (Lipinski definition) is 0. The van der Waals surface area contributed by atoms with Gasteiger partial charge >= 0.3 is 0 Å². The Bertz CT molecular complexity index is 1310. The minimum Gasteiger partial charge on any atom is -0.288 e. The zero-order valence-electron chi connectivity index (χ0n) is 15.5. The second kappa shape index (κ2) is 8.50. The monoisotopic (exact) mass is 502 g/mol. The van der Waals surface area contributed by atoms with Gasteiger partial charge in [0.2, 0.25) is 11.6 Å². The molecule has 14 heteroatoms. The summed E-state index contributed by atoms with van der Waals surface area (Å²) >= 11 is 0. The van der Waals surface area contributed by atoms with Crippen LogP contribution in [0, 0.1) is 69.8 Å². The average molecular weight is 502 g/mol. The van der Waals surface area contributed by atoms with Gasteiger partial charge in [-0.3, -0.25) is 9.59 Å². The molecule has 0 saturated carbocycles. The smallest absolute Gasteiger partial charge is 0.202 e. The first-order valence-electron chi connectivity index (χ1n) is 8.33. The summed E-state index contributed by atoms with van der Waals surface area (Å²) in [6.45, 7) is 0. The number of halogens is 12. The van der Waals surface area contributed by atoms with Crippen LogP contribution in [0.25, 0.3) is 0 Å². The summed E-state index contributed by atoms with van der Waals surface area (Å²) in [6, 6.07) is -0.925. The molecule has 0 aliphatic rings. The zero-order chi connectivity index (χ0) is 25.8. The first-order valence-corrected chi connectivity index (χ1v) is 8.33. The highest BCUT2D eigenvalue weighted by atomic mass is 19.2. The first-order chi connectivity index (χ1) is 15.7. The highest BCUT2D eigenvalue weighted by molar-refractivity contribution is 6.20. The predicted octanol–water partition coefficient (Wildman–Crippen LogP) is 5.82. The Morgan fingerprint density at radius 1 is 0.353 bits per heavy atom. The van der Waals surface area contributed by atoms with E-state index in [4.69, 9.17) is 0 Å². The molecule has 0 aromatic heterocycles. The second-order valence-corrected chi connectivity index (χ2v) is 6.35. The van der Waals surface area contributed by atoms with Crippen molar-refractivity contribution in [3.8, 4) is 0 Å². The van der Waals surface area contributed by atoms with E-state index in [0.29, 0.717) is 0 Å². The van der Waals surface area contributed by atoms with Crippen LogP contribution in [0.15, 0.2) is 12.1 Å². The van der Waals surface area contributed by atoms with Crippen molar-refractivity contribution in [1.82, 2.24) is 0 Å². The number of carbonyl (C=O) groups is 2. The van der Waals surface area contributed by atoms with E-state index in [1.165, 1.54) is 0 Å². The van der Waals surface area contributed by atoms with Gasteiger partial charge in [0, 0.05) is 12.1 Å². The van der Waals surface area contributed by atoms with E-state index in [0.717, 1.165) is 0 Å². The Morgan fingerprint density at radius 2 is 0.618 bits per heavy atom. The molecule has 34 heavy (non-hydrogen) atoms. The van der Waals surface area contributed by atoms with E-state index in [-0.39, 0.29) is 0 Å². The fourth-order valence-corrected chi connectivity index (χ4v) is 2.86. The largest absolute Gasteiger partial charge is 0.288 e. The summed E-state index contributed by atoms with van der Waals surface area (Å²) in [5.41, 5.74) is -9.34. The van der Waals surface area contributed by atoms with Crippen LogP contribution in [-0.4, -0.2) is 11.6 Å². The molecule has 3 aromatic rings. The van der Waals surface area contributed by atoms with Gasteiger partial charge in [0.05, 0.1) is 22.3 Å². The molecule has 178 valence electrons. The normalized spacial score (nSPS) is 11.2. The molecular formula is C20H2F12O2. The summed E-state index contributed by atoms with van der Waals surface area (Å²) in [5.74, 6) is -36.2. The molecule has 0 bridgehead atoms. The third-order valence-electron chi connectivity index (χ3n) is 4.40. The van der Waals surface area contributed by atoms with Crippen LogP contribution in [0.3, 0.4) is 0 Å². The maximum Gasteiger partial charge on any atom is 0.202 e. The summed E-state index contributed by atoms with van der Waals surface area (Å²) in [7, 11) is 0. The third-order valence-corrected chi connectivity index (χ3v) is 4.40. The van der Waals surface area contributed by atoms with Crippen LogP contribution in [-0.2, 0) is 0 Å². The maximum atomic E-state index is 14.4. The number of carbonyl (C=O) groups excluding carboxylic acids is 2. The van der Waals surface area contributed by atoms with Gasteiger partial charge in [-0.15, -0.1) is 0 Å². The second-order valence-electron chi connectivity index (χ2n) is 6.35. The van der Waals surface area contributed by atoms with Gasteiger partial charge in [-0.1, -0.05) is 0 Å². The molecule has 0 atom stereocenters. The molecule has 2 nitrogen and oxygen atoms in total. The van der Waals surface area contributed by atoms with Crippen molar-refractivity contribution >= 4 is 11.6 Å². The molecule has 0 fully saturated rings. The molecule has 0 aliphatic carbocycles. The molecular weight excluding hydrogens is 500 g/mol. The minimum absolute atomic E-state index is 0.462. The molecule has 3 aromatic carbocycles. The highest BCUT2D eigenvalue weighted by Crippen LogP contribution is 2.32. The number of rotatable bonds is 4. The van der Waals surface area contributed by atoms with Crippen LogP contribution < -0.4 is 0 Å². The lowest BCUT2D eigenvalue weighted by molar-refractivity contribution is 0.0983. The summed E-state index contributed by atoms with van der Waals surface area (Å²) < 4.78 is 165. The standard InChI is InChI=1S/C20H2F12O2/c21-3-1-5(23)11(25)13(27)7(3)19(33)9-10(16(30)18(32)17(31)15(9)29)20(34)8-4(22)2-6(24)12(26)14(8)28/h1-2H. The molecule has 0 heterocycles. The van der Waals surface area contributed by atoms with E-state index in [9.17, 15) is 62.3 Å². The molecule has 3 rings (SSSR count). The molecule has 0 saturated heterocycles. The number of hydrogen-bond acceptors (Lipinski definition) is 2. The van der Waals surface area contributed by atoms with E-state index >= 15 is 0 Å². The lowest BCUT2D eigenvalue weighted by Crippen LogP contribution is -2.22. The maximum absolute atomic E-state index is 14.4. The van der Waals surface area contributed by atoms with Crippen molar-refractivity contribution in [3.05, 3.63) is 104 Å². The topological polar surface area (TPSA) is 34.1 Å². The highest BCUT2D eigenvalue weighted by Gasteiger charge is 2.38. The number of benzene rings is 3. The SMILES string of the molecule is O=C(c1c(F)cc(F)c(F)c1F)c1c(F)c(F)c(F)c(F)c1C(=O)c1c(F)cc(F)c(F)c1F. The quantitative estimate of drug-likeness (QED) is 0.195. The average Bonchev–Trinajstić information content (AvgIpc) is 2.76. The van der Waals surface area contributed by atoms with Crippen molar-refractivity contribution in [1.29, 1.82) is 0 Å². The summed E-state index contributed by atoms with van der Waals surface area (Å²) in [4.78, 5) is 25.0. The van der Waals surface area contributed by atoms with Crippen LogP contribution in [0.2, 0.25) is 0 Å². The van der Waals surface area contributed by atoms with Crippen molar-refractivity contribution in [3.63, 3.8) is 0 Å². The fraction of sp³-hybridized carbons (Fsp3) is 0. The summed E-state index contributed by atoms with van der Waals surface area (Å²) in [5, 5.41) is 0. The van der Waals surface area contributed by atoms with Gasteiger partial charge < -0.3 is 0 Å². The van der Waals surface area contributed by atoms with Crippen LogP contribution in [0.5, 0.6) is 0 Å². The molecule has 0 spiro atoms. The fourth-order valence-electron chi connectivity index (χ4n) is 2.86. The van der Waals surface area contributed by atoms with Gasteiger partial charge in [0.15, 0.2) is 58.2 Å². The zero-order valence-corrected chi connectivity index (χ0v) is 15.5. The van der Waals surface area contributed by atoms with Crippen molar-refractivity contribution < 1.29 is 62.3 Å². The van der Waals surface area contributed by atoms with E-state index < -0.39 is 116 Å². The molecule has 0 unspecified atom stereocenters. The van der Waals surface area contributed by atoms with Crippen LogP contribution in [0.1, 0.15) is 31.8 Å². The lowest BCUT2D eigenvalue weighted by Gasteiger charge is -2.14. The Balaban J connectivity index is 2.44. The Labute approximate surface area is 179 Å². The van der Waals surface area contributed by atoms with Crippen LogP contribution in [0.4, 0.5) is 52.7 Å². The summed E-state index contributed by atoms with van der Waals surface area (Å²) in [6.07, 6.45) is 0. The third kappa shape index (κ3) is 3.58. The molecule has 0 radical (unpaired) electrons. The van der Waals surface area contributed by atoms with Gasteiger partial charge in [-0.2, -0.15) is 0 Å². The molecule has 0 aliphatic heterocycles.